The van der Waals surface area contributed by atoms with E-state index in [4.69, 9.17) is 11.6 Å². The molecule has 0 radical (unpaired) electrons. The molecule has 0 bridgehead atoms. The van der Waals surface area contributed by atoms with Crippen LogP contribution in [-0.2, 0) is 0 Å². The van der Waals surface area contributed by atoms with Gasteiger partial charge < -0.3 is 0 Å². The number of nitro groups is 1. The zero-order valence-corrected chi connectivity index (χ0v) is 9.47. The van der Waals surface area contributed by atoms with E-state index in [1.54, 1.807) is 6.92 Å². The van der Waals surface area contributed by atoms with Crippen LogP contribution in [0.1, 0.15) is 17.3 Å². The zero-order valence-electron chi connectivity index (χ0n) is 7.13. The van der Waals surface area contributed by atoms with Gasteiger partial charge >= 0.3 is 5.69 Å². The van der Waals surface area contributed by atoms with E-state index in [1.165, 1.54) is 0 Å². The fraction of sp³-hybridized carbons (Fsp3) is 0.250. The Balaban J connectivity index is 3.31. The van der Waals surface area contributed by atoms with Crippen LogP contribution in [0.15, 0.2) is 12.1 Å². The fourth-order valence-corrected chi connectivity index (χ4v) is 1.83. The molecule has 3 nitrogen and oxygen atoms in total. The second-order valence-electron chi connectivity index (χ2n) is 2.70. The first-order chi connectivity index (χ1) is 6.43. The van der Waals surface area contributed by atoms with Crippen LogP contribution in [0.5, 0.6) is 0 Å². The molecule has 1 aromatic carbocycles. The Morgan fingerprint density at radius 3 is 2.64 bits per heavy atom. The van der Waals surface area contributed by atoms with Crippen molar-refractivity contribution in [3.05, 3.63) is 38.7 Å². The zero-order chi connectivity index (χ0) is 10.9. The van der Waals surface area contributed by atoms with Crippen LogP contribution in [0.4, 0.5) is 10.1 Å². The van der Waals surface area contributed by atoms with Gasteiger partial charge in [-0.25, -0.2) is 0 Å². The molecule has 1 aromatic rings. The Bertz CT molecular complexity index is 384. The van der Waals surface area contributed by atoms with Crippen molar-refractivity contribution in [2.75, 3.05) is 0 Å². The lowest BCUT2D eigenvalue weighted by Crippen LogP contribution is -1.95. The molecule has 0 saturated heterocycles. The number of halogens is 3. The largest absolute Gasteiger partial charge is 0.306 e. The van der Waals surface area contributed by atoms with Crippen LogP contribution >= 0.6 is 27.5 Å². The van der Waals surface area contributed by atoms with Gasteiger partial charge in [0.25, 0.3) is 0 Å². The van der Waals surface area contributed by atoms with Gasteiger partial charge in [0.05, 0.1) is 9.95 Å². The Morgan fingerprint density at radius 2 is 2.21 bits per heavy atom. The summed E-state index contributed by atoms with van der Waals surface area (Å²) >= 11 is 8.95. The van der Waals surface area contributed by atoms with Crippen molar-refractivity contribution in [1.29, 1.82) is 0 Å². The highest BCUT2D eigenvalue weighted by Crippen LogP contribution is 2.33. The minimum Gasteiger partial charge on any atom is -0.258 e. The molecular formula is C8H6BrClFNO2. The number of benzene rings is 1. The molecular weight excluding hydrogens is 276 g/mol. The second kappa shape index (κ2) is 4.23. The number of nitrogens with zero attached hydrogens (tertiary/aromatic N) is 1. The van der Waals surface area contributed by atoms with Crippen LogP contribution in [0, 0.1) is 15.9 Å². The predicted octanol–water partition coefficient (Wildman–Crippen LogP) is 3.84. The van der Waals surface area contributed by atoms with E-state index in [2.05, 4.69) is 15.9 Å². The number of hydrogen-bond donors (Lipinski definition) is 0. The van der Waals surface area contributed by atoms with Crippen molar-refractivity contribution in [2.45, 2.75) is 11.8 Å². The Hall–Kier alpha value is -0.680. The molecule has 1 atom stereocenters. The molecule has 1 rings (SSSR count). The van der Waals surface area contributed by atoms with E-state index in [0.717, 1.165) is 12.1 Å². The summed E-state index contributed by atoms with van der Waals surface area (Å²) < 4.78 is 13.1. The van der Waals surface area contributed by atoms with Crippen LogP contribution in [0.3, 0.4) is 0 Å². The highest BCUT2D eigenvalue weighted by atomic mass is 79.9. The van der Waals surface area contributed by atoms with Gasteiger partial charge in [-0.1, -0.05) is 27.5 Å². The first-order valence-electron chi connectivity index (χ1n) is 3.71. The topological polar surface area (TPSA) is 43.1 Å². The van der Waals surface area contributed by atoms with Crippen molar-refractivity contribution >= 4 is 33.2 Å². The van der Waals surface area contributed by atoms with E-state index in [9.17, 15) is 14.5 Å². The molecule has 0 aromatic heterocycles. The van der Waals surface area contributed by atoms with Gasteiger partial charge in [-0.3, -0.25) is 10.1 Å². The van der Waals surface area contributed by atoms with Crippen molar-refractivity contribution in [3.8, 4) is 0 Å². The Labute approximate surface area is 93.2 Å². The Morgan fingerprint density at radius 1 is 1.64 bits per heavy atom. The van der Waals surface area contributed by atoms with Crippen molar-refractivity contribution in [1.82, 2.24) is 0 Å². The molecule has 1 unspecified atom stereocenters. The van der Waals surface area contributed by atoms with Crippen LogP contribution in [0.2, 0.25) is 5.02 Å². The van der Waals surface area contributed by atoms with E-state index < -0.39 is 16.4 Å². The average molecular weight is 282 g/mol. The summed E-state index contributed by atoms with van der Waals surface area (Å²) in [6.07, 6.45) is 0. The van der Waals surface area contributed by atoms with Gasteiger partial charge in [0.2, 0.25) is 5.82 Å². The molecule has 0 saturated carbocycles. The van der Waals surface area contributed by atoms with E-state index in [-0.39, 0.29) is 9.85 Å². The third-order valence-electron chi connectivity index (χ3n) is 1.69. The molecule has 14 heavy (non-hydrogen) atoms. The van der Waals surface area contributed by atoms with Crippen LogP contribution < -0.4 is 0 Å². The number of rotatable bonds is 2. The minimum atomic E-state index is -0.874. The molecule has 0 N–H and O–H groups in total. The van der Waals surface area contributed by atoms with Gasteiger partial charge in [-0.05, 0) is 18.6 Å². The van der Waals surface area contributed by atoms with Crippen molar-refractivity contribution in [2.24, 2.45) is 0 Å². The lowest BCUT2D eigenvalue weighted by Gasteiger charge is -2.06. The summed E-state index contributed by atoms with van der Waals surface area (Å²) in [5.74, 6) is -0.874. The second-order valence-corrected chi connectivity index (χ2v) is 4.48. The summed E-state index contributed by atoms with van der Waals surface area (Å²) in [6.45, 7) is 1.76. The van der Waals surface area contributed by atoms with Crippen LogP contribution in [0.25, 0.3) is 0 Å². The summed E-state index contributed by atoms with van der Waals surface area (Å²) in [5, 5.41) is 10.5. The minimum absolute atomic E-state index is 0.148. The van der Waals surface area contributed by atoms with Crippen LogP contribution in [-0.4, -0.2) is 4.92 Å². The molecule has 0 fully saturated rings. The lowest BCUT2D eigenvalue weighted by molar-refractivity contribution is -0.387. The summed E-state index contributed by atoms with van der Waals surface area (Å²) in [6, 6.07) is 2.09. The Kier molecular flexibility index (Phi) is 3.44. The fourth-order valence-electron chi connectivity index (χ4n) is 0.996. The average Bonchev–Trinajstić information content (AvgIpc) is 2.07. The standard InChI is InChI=1S/C8H6BrClFNO2/c1-4(9)5-2-7(11)8(12(13)14)3-6(5)10/h2-4H,1H3. The smallest absolute Gasteiger partial charge is 0.258 e. The van der Waals surface area contributed by atoms with E-state index >= 15 is 0 Å². The predicted molar refractivity (Wildman–Crippen MR) is 55.4 cm³/mol. The van der Waals surface area contributed by atoms with Crippen molar-refractivity contribution in [3.63, 3.8) is 0 Å². The highest BCUT2D eigenvalue weighted by molar-refractivity contribution is 9.09. The van der Waals surface area contributed by atoms with Gasteiger partial charge in [0.1, 0.15) is 0 Å². The normalized spacial score (nSPS) is 12.6. The van der Waals surface area contributed by atoms with Crippen molar-refractivity contribution < 1.29 is 9.31 Å². The third-order valence-corrected chi connectivity index (χ3v) is 2.51. The highest BCUT2D eigenvalue weighted by Gasteiger charge is 2.18. The van der Waals surface area contributed by atoms with Gasteiger partial charge in [0, 0.05) is 10.9 Å². The molecule has 6 heteroatoms. The summed E-state index contributed by atoms with van der Waals surface area (Å²) in [5.41, 5.74) is -0.110. The summed E-state index contributed by atoms with van der Waals surface area (Å²) in [7, 11) is 0. The number of hydrogen-bond acceptors (Lipinski definition) is 2. The van der Waals surface area contributed by atoms with Gasteiger partial charge in [-0.15, -0.1) is 0 Å². The first kappa shape index (κ1) is 11.4. The molecule has 0 spiro atoms. The maximum absolute atomic E-state index is 13.1. The molecule has 0 aliphatic carbocycles. The molecule has 0 heterocycles. The number of nitro benzene ring substituents is 1. The molecule has 0 amide bonds. The SMILES string of the molecule is CC(Br)c1cc(F)c([N+](=O)[O-])cc1Cl. The third kappa shape index (κ3) is 2.22. The molecule has 0 aliphatic rings. The maximum atomic E-state index is 13.1. The molecule has 76 valence electrons. The maximum Gasteiger partial charge on any atom is 0.306 e. The monoisotopic (exact) mass is 281 g/mol. The van der Waals surface area contributed by atoms with E-state index in [1.807, 2.05) is 0 Å². The quantitative estimate of drug-likeness (QED) is 0.470. The first-order valence-corrected chi connectivity index (χ1v) is 5.00. The number of alkyl halides is 1. The lowest BCUT2D eigenvalue weighted by atomic mass is 10.1. The molecule has 0 aliphatic heterocycles. The summed E-state index contributed by atoms with van der Waals surface area (Å²) in [4.78, 5) is 9.40. The van der Waals surface area contributed by atoms with E-state index in [0.29, 0.717) is 5.56 Å². The van der Waals surface area contributed by atoms with Gasteiger partial charge in [-0.2, -0.15) is 4.39 Å². The van der Waals surface area contributed by atoms with Gasteiger partial charge in [0.15, 0.2) is 0 Å².